The van der Waals surface area contributed by atoms with Crippen LogP contribution >= 0.6 is 47.6 Å². The van der Waals surface area contributed by atoms with Crippen molar-refractivity contribution in [3.05, 3.63) is 16.1 Å². The van der Waals surface area contributed by atoms with E-state index in [-0.39, 0.29) is 11.7 Å². The number of nitrogens with one attached hydrogen (secondary N) is 1. The van der Waals surface area contributed by atoms with Gasteiger partial charge in [-0.2, -0.15) is 21.4 Å². The molecule has 0 saturated carbocycles. The molecule has 0 atom stereocenters. The van der Waals surface area contributed by atoms with Crippen molar-refractivity contribution in [3.8, 4) is 0 Å². The predicted octanol–water partition coefficient (Wildman–Crippen LogP) is 2.87. The summed E-state index contributed by atoms with van der Waals surface area (Å²) in [5, 5.41) is 3.36. The van der Waals surface area contributed by atoms with E-state index in [9.17, 15) is 4.79 Å². The van der Waals surface area contributed by atoms with Crippen LogP contribution in [0.1, 0.15) is 0 Å². The lowest BCUT2D eigenvalue weighted by molar-refractivity contribution is -0.113. The molecule has 0 radical (unpaired) electrons. The van der Waals surface area contributed by atoms with Crippen molar-refractivity contribution in [1.29, 1.82) is 0 Å². The Balaban J connectivity index is 2.59. The molecule has 0 spiro atoms. The van der Waals surface area contributed by atoms with E-state index in [1.165, 1.54) is 6.07 Å². The van der Waals surface area contributed by atoms with Crippen molar-refractivity contribution in [2.24, 2.45) is 0 Å². The summed E-state index contributed by atoms with van der Waals surface area (Å²) in [6.07, 6.45) is 0. The Morgan fingerprint density at radius 2 is 2.06 bits per heavy atom. The maximum atomic E-state index is 11.3. The van der Waals surface area contributed by atoms with Gasteiger partial charge in [0.15, 0.2) is 0 Å². The number of aromatic nitrogens is 2. The third-order valence-electron chi connectivity index (χ3n) is 1.85. The van der Waals surface area contributed by atoms with Crippen LogP contribution in [0.2, 0.25) is 10.0 Å². The van der Waals surface area contributed by atoms with Crippen molar-refractivity contribution in [3.63, 3.8) is 0 Å². The Kier molecular flexibility index (Phi) is 3.53. The van der Waals surface area contributed by atoms with Gasteiger partial charge in [-0.05, 0) is 6.07 Å². The Bertz CT molecular complexity index is 557. The van der Waals surface area contributed by atoms with Gasteiger partial charge in [-0.3, -0.25) is 4.79 Å². The molecule has 84 valence electrons. The second-order valence-electron chi connectivity index (χ2n) is 2.88. The van der Waals surface area contributed by atoms with Crippen molar-refractivity contribution in [2.75, 3.05) is 11.1 Å². The lowest BCUT2D eigenvalue weighted by Gasteiger charge is -2.06. The summed E-state index contributed by atoms with van der Waals surface area (Å²) >= 11 is 16.8. The Labute approximate surface area is 111 Å². The first-order valence-electron chi connectivity index (χ1n) is 4.14. The number of fused-ring (bicyclic) bond motifs is 1. The fourth-order valence-electron chi connectivity index (χ4n) is 1.17. The molecule has 1 aromatic heterocycles. The van der Waals surface area contributed by atoms with Gasteiger partial charge in [0.25, 0.3) is 0 Å². The summed E-state index contributed by atoms with van der Waals surface area (Å²) < 4.78 is 8.07. The van der Waals surface area contributed by atoms with E-state index in [0.29, 0.717) is 26.8 Å². The summed E-state index contributed by atoms with van der Waals surface area (Å²) in [5.74, 6) is -0.195. The zero-order chi connectivity index (χ0) is 11.7. The molecule has 2 aromatic rings. The van der Waals surface area contributed by atoms with E-state index in [0.717, 1.165) is 11.7 Å². The highest BCUT2D eigenvalue weighted by atomic mass is 35.5. The first-order valence-corrected chi connectivity index (χ1v) is 6.26. The topological polar surface area (TPSA) is 54.9 Å². The third kappa shape index (κ3) is 2.10. The molecule has 0 saturated heterocycles. The van der Waals surface area contributed by atoms with Gasteiger partial charge in [0.1, 0.15) is 11.0 Å². The number of hydrogen-bond donors (Lipinski definition) is 2. The van der Waals surface area contributed by atoms with Crippen molar-refractivity contribution in [2.45, 2.75) is 0 Å². The van der Waals surface area contributed by atoms with Crippen LogP contribution < -0.4 is 5.32 Å². The summed E-state index contributed by atoms with van der Waals surface area (Å²) in [7, 11) is 0. The van der Waals surface area contributed by atoms with Gasteiger partial charge in [-0.25, -0.2) is 0 Å². The molecular formula is C8H5Cl2N3OS2. The van der Waals surface area contributed by atoms with Crippen LogP contribution in [0.25, 0.3) is 11.0 Å². The minimum atomic E-state index is -0.262. The summed E-state index contributed by atoms with van der Waals surface area (Å²) in [6, 6.07) is 1.53. The Morgan fingerprint density at radius 1 is 1.38 bits per heavy atom. The zero-order valence-corrected chi connectivity index (χ0v) is 10.9. The standard InChI is InChI=1S/C8H5Cl2N3OS2/c9-3-1-4(10)7-8(13-16-12-7)6(3)11-5(14)2-15/h1,15H,2H2,(H,11,14). The number of anilines is 1. The van der Waals surface area contributed by atoms with E-state index in [1.807, 2.05) is 0 Å². The molecular weight excluding hydrogens is 289 g/mol. The molecule has 1 heterocycles. The number of halogens is 2. The average molecular weight is 294 g/mol. The second-order valence-corrected chi connectivity index (χ2v) is 4.54. The Hall–Kier alpha value is -0.560. The van der Waals surface area contributed by atoms with Gasteiger partial charge in [0.05, 0.1) is 33.2 Å². The lowest BCUT2D eigenvalue weighted by atomic mass is 10.2. The van der Waals surface area contributed by atoms with Crippen LogP contribution in [-0.2, 0) is 4.79 Å². The van der Waals surface area contributed by atoms with Crippen LogP contribution in [0.5, 0.6) is 0 Å². The molecule has 0 fully saturated rings. The third-order valence-corrected chi connectivity index (χ3v) is 3.25. The van der Waals surface area contributed by atoms with Crippen LogP contribution in [-0.4, -0.2) is 20.4 Å². The Morgan fingerprint density at radius 3 is 2.75 bits per heavy atom. The molecule has 0 bridgehead atoms. The van der Waals surface area contributed by atoms with Gasteiger partial charge in [-0.15, -0.1) is 0 Å². The first-order chi connectivity index (χ1) is 7.63. The van der Waals surface area contributed by atoms with Crippen LogP contribution in [0, 0.1) is 0 Å². The second kappa shape index (κ2) is 4.75. The molecule has 1 N–H and O–H groups in total. The van der Waals surface area contributed by atoms with Gasteiger partial charge in [0, 0.05) is 0 Å². The van der Waals surface area contributed by atoms with Gasteiger partial charge in [0.2, 0.25) is 5.91 Å². The number of carbonyl (C=O) groups excluding carboxylic acids is 1. The predicted molar refractivity (Wildman–Crippen MR) is 69.9 cm³/mol. The molecule has 0 unspecified atom stereocenters. The molecule has 4 nitrogen and oxygen atoms in total. The SMILES string of the molecule is O=C(CS)Nc1c(Cl)cc(Cl)c2nsnc12. The monoisotopic (exact) mass is 293 g/mol. The smallest absolute Gasteiger partial charge is 0.234 e. The summed E-state index contributed by atoms with van der Waals surface area (Å²) in [4.78, 5) is 11.3. The highest BCUT2D eigenvalue weighted by Gasteiger charge is 2.15. The van der Waals surface area contributed by atoms with E-state index in [4.69, 9.17) is 23.2 Å². The average Bonchev–Trinajstić information content (AvgIpc) is 2.73. The van der Waals surface area contributed by atoms with E-state index < -0.39 is 0 Å². The molecule has 0 aliphatic carbocycles. The van der Waals surface area contributed by atoms with Gasteiger partial charge >= 0.3 is 0 Å². The molecule has 0 aliphatic rings. The largest absolute Gasteiger partial charge is 0.322 e. The number of nitrogens with zero attached hydrogens (tertiary/aromatic N) is 2. The number of amides is 1. The van der Waals surface area contributed by atoms with Crippen molar-refractivity contribution in [1.82, 2.24) is 8.75 Å². The molecule has 8 heteroatoms. The van der Waals surface area contributed by atoms with Gasteiger partial charge in [-0.1, -0.05) is 23.2 Å². The van der Waals surface area contributed by atoms with Crippen molar-refractivity contribution < 1.29 is 4.79 Å². The fraction of sp³-hybridized carbons (Fsp3) is 0.125. The molecule has 1 amide bonds. The summed E-state index contributed by atoms with van der Waals surface area (Å²) in [5.41, 5.74) is 1.46. The highest BCUT2D eigenvalue weighted by Crippen LogP contribution is 2.35. The number of carbonyl (C=O) groups is 1. The van der Waals surface area contributed by atoms with Gasteiger partial charge < -0.3 is 5.32 Å². The van der Waals surface area contributed by atoms with E-state index in [2.05, 4.69) is 26.7 Å². The van der Waals surface area contributed by atoms with E-state index >= 15 is 0 Å². The zero-order valence-electron chi connectivity index (χ0n) is 7.70. The van der Waals surface area contributed by atoms with E-state index in [1.54, 1.807) is 0 Å². The maximum absolute atomic E-state index is 11.3. The van der Waals surface area contributed by atoms with Crippen LogP contribution in [0.15, 0.2) is 6.07 Å². The van der Waals surface area contributed by atoms with Crippen molar-refractivity contribution >= 4 is 70.2 Å². The molecule has 1 aromatic carbocycles. The number of benzene rings is 1. The number of rotatable bonds is 2. The van der Waals surface area contributed by atoms with Crippen LogP contribution in [0.3, 0.4) is 0 Å². The highest BCUT2D eigenvalue weighted by molar-refractivity contribution is 7.81. The molecule has 16 heavy (non-hydrogen) atoms. The molecule has 0 aliphatic heterocycles. The summed E-state index contributed by atoms with van der Waals surface area (Å²) in [6.45, 7) is 0. The normalized spacial score (nSPS) is 10.7. The maximum Gasteiger partial charge on any atom is 0.234 e. The quantitative estimate of drug-likeness (QED) is 0.837. The minimum absolute atomic E-state index is 0.0675. The minimum Gasteiger partial charge on any atom is -0.322 e. The fourth-order valence-corrected chi connectivity index (χ4v) is 2.41. The molecule has 2 rings (SSSR count). The number of thiol groups is 1. The lowest BCUT2D eigenvalue weighted by Crippen LogP contribution is -2.13. The van der Waals surface area contributed by atoms with Crippen LogP contribution in [0.4, 0.5) is 5.69 Å². The number of hydrogen-bond acceptors (Lipinski definition) is 5. The first kappa shape index (κ1) is 11.9.